The zero-order chi connectivity index (χ0) is 9.42. The summed E-state index contributed by atoms with van der Waals surface area (Å²) < 4.78 is 0. The normalized spacial score (nSPS) is 15.1. The van der Waals surface area contributed by atoms with Crippen molar-refractivity contribution in [2.45, 2.75) is 26.7 Å². The van der Waals surface area contributed by atoms with Crippen LogP contribution in [0.1, 0.15) is 28.7 Å². The number of benzene rings is 1. The monoisotopic (exact) mass is 173 g/mol. The van der Waals surface area contributed by atoms with Crippen molar-refractivity contribution < 1.29 is 0 Å². The van der Waals surface area contributed by atoms with Crippen LogP contribution in [0.5, 0.6) is 0 Å². The zero-order valence-electron chi connectivity index (χ0n) is 8.22. The van der Waals surface area contributed by atoms with Gasteiger partial charge >= 0.3 is 0 Å². The predicted molar refractivity (Wildman–Crippen MR) is 56.4 cm³/mol. The van der Waals surface area contributed by atoms with E-state index in [1.807, 2.05) is 0 Å². The highest BCUT2D eigenvalue weighted by Gasteiger charge is 2.12. The molecular formula is C12H15N. The lowest BCUT2D eigenvalue weighted by molar-refractivity contribution is 0.956. The van der Waals surface area contributed by atoms with E-state index in [1.165, 1.54) is 22.3 Å². The summed E-state index contributed by atoms with van der Waals surface area (Å²) in [6.07, 6.45) is 4.35. The van der Waals surface area contributed by atoms with Crippen molar-refractivity contribution in [2.75, 3.05) is 0 Å². The Morgan fingerprint density at radius 2 is 2.00 bits per heavy atom. The SMILES string of the molecule is Cc1cc(C)c2c(c1)C(N)=CCC2. The fraction of sp³-hybridized carbons (Fsp3) is 0.333. The number of aryl methyl sites for hydroxylation is 2. The first-order chi connectivity index (χ1) is 6.18. The van der Waals surface area contributed by atoms with Gasteiger partial charge in [0.05, 0.1) is 0 Å². The molecule has 0 atom stereocenters. The molecule has 13 heavy (non-hydrogen) atoms. The van der Waals surface area contributed by atoms with E-state index >= 15 is 0 Å². The molecule has 1 aliphatic rings. The Labute approximate surface area is 79.3 Å². The van der Waals surface area contributed by atoms with Gasteiger partial charge in [0.1, 0.15) is 0 Å². The molecule has 1 nitrogen and oxygen atoms in total. The summed E-state index contributed by atoms with van der Waals surface area (Å²) in [6.45, 7) is 4.29. The average molecular weight is 173 g/mol. The van der Waals surface area contributed by atoms with Gasteiger partial charge in [0, 0.05) is 11.3 Å². The van der Waals surface area contributed by atoms with E-state index in [2.05, 4.69) is 32.1 Å². The van der Waals surface area contributed by atoms with Crippen LogP contribution in [0.3, 0.4) is 0 Å². The fourth-order valence-electron chi connectivity index (χ4n) is 2.07. The Balaban J connectivity index is 2.66. The minimum Gasteiger partial charge on any atom is -0.398 e. The molecule has 0 saturated heterocycles. The summed E-state index contributed by atoms with van der Waals surface area (Å²) in [7, 11) is 0. The average Bonchev–Trinajstić information content (AvgIpc) is 2.07. The molecule has 1 aliphatic carbocycles. The second-order valence-electron chi connectivity index (χ2n) is 3.81. The third-order valence-corrected chi connectivity index (χ3v) is 2.69. The maximum atomic E-state index is 5.95. The number of nitrogens with two attached hydrogens (primary N) is 1. The predicted octanol–water partition coefficient (Wildman–Crippen LogP) is 2.55. The van der Waals surface area contributed by atoms with Gasteiger partial charge < -0.3 is 5.73 Å². The second kappa shape index (κ2) is 2.91. The van der Waals surface area contributed by atoms with Gasteiger partial charge in [-0.3, -0.25) is 0 Å². The molecule has 1 aromatic carbocycles. The molecular weight excluding hydrogens is 158 g/mol. The maximum Gasteiger partial charge on any atom is 0.0350 e. The van der Waals surface area contributed by atoms with Crippen LogP contribution in [0.25, 0.3) is 5.70 Å². The molecule has 68 valence electrons. The standard InChI is InChI=1S/C12H15N/c1-8-6-9(2)10-4-3-5-12(13)11(10)7-8/h5-7H,3-4,13H2,1-2H3. The van der Waals surface area contributed by atoms with Crippen LogP contribution in [0.15, 0.2) is 18.2 Å². The first kappa shape index (κ1) is 8.36. The molecule has 1 aromatic rings. The summed E-state index contributed by atoms with van der Waals surface area (Å²) >= 11 is 0. The molecule has 0 heterocycles. The number of hydrogen-bond donors (Lipinski definition) is 1. The minimum absolute atomic E-state index is 0.952. The first-order valence-electron chi connectivity index (χ1n) is 4.74. The topological polar surface area (TPSA) is 26.0 Å². The number of fused-ring (bicyclic) bond motifs is 1. The van der Waals surface area contributed by atoms with Crippen molar-refractivity contribution in [3.63, 3.8) is 0 Å². The first-order valence-corrected chi connectivity index (χ1v) is 4.74. The fourth-order valence-corrected chi connectivity index (χ4v) is 2.07. The van der Waals surface area contributed by atoms with Crippen molar-refractivity contribution >= 4 is 5.70 Å². The summed E-state index contributed by atoms with van der Waals surface area (Å²) in [4.78, 5) is 0. The number of allylic oxidation sites excluding steroid dienone is 1. The largest absolute Gasteiger partial charge is 0.398 e. The highest BCUT2D eigenvalue weighted by atomic mass is 14.6. The molecule has 2 rings (SSSR count). The summed E-state index contributed by atoms with van der Waals surface area (Å²) in [6, 6.07) is 4.42. The van der Waals surface area contributed by atoms with Crippen LogP contribution in [-0.4, -0.2) is 0 Å². The molecule has 0 bridgehead atoms. The van der Waals surface area contributed by atoms with Gasteiger partial charge in [-0.25, -0.2) is 0 Å². The number of hydrogen-bond acceptors (Lipinski definition) is 1. The van der Waals surface area contributed by atoms with Crippen molar-refractivity contribution in [3.05, 3.63) is 40.5 Å². The van der Waals surface area contributed by atoms with E-state index in [1.54, 1.807) is 0 Å². The lowest BCUT2D eigenvalue weighted by Crippen LogP contribution is -2.08. The quantitative estimate of drug-likeness (QED) is 0.641. The Hall–Kier alpha value is -1.24. The number of rotatable bonds is 0. The highest BCUT2D eigenvalue weighted by molar-refractivity contribution is 5.69. The zero-order valence-corrected chi connectivity index (χ0v) is 8.22. The minimum atomic E-state index is 0.952. The van der Waals surface area contributed by atoms with Crippen molar-refractivity contribution in [1.82, 2.24) is 0 Å². The van der Waals surface area contributed by atoms with Crippen molar-refractivity contribution in [3.8, 4) is 0 Å². The van der Waals surface area contributed by atoms with Crippen LogP contribution >= 0.6 is 0 Å². The summed E-state index contributed by atoms with van der Waals surface area (Å²) in [5, 5.41) is 0. The van der Waals surface area contributed by atoms with Gasteiger partial charge in [-0.15, -0.1) is 0 Å². The van der Waals surface area contributed by atoms with Gasteiger partial charge in [-0.2, -0.15) is 0 Å². The second-order valence-corrected chi connectivity index (χ2v) is 3.81. The lowest BCUT2D eigenvalue weighted by atomic mass is 9.90. The molecule has 0 fully saturated rings. The Morgan fingerprint density at radius 3 is 2.77 bits per heavy atom. The van der Waals surface area contributed by atoms with Gasteiger partial charge in [0.25, 0.3) is 0 Å². The molecule has 0 saturated carbocycles. The van der Waals surface area contributed by atoms with E-state index < -0.39 is 0 Å². The summed E-state index contributed by atoms with van der Waals surface area (Å²) in [5.41, 5.74) is 12.3. The van der Waals surface area contributed by atoms with Gasteiger partial charge in [0.2, 0.25) is 0 Å². The van der Waals surface area contributed by atoms with Gasteiger partial charge in [-0.1, -0.05) is 17.7 Å². The third kappa shape index (κ3) is 1.35. The molecule has 0 unspecified atom stereocenters. The van der Waals surface area contributed by atoms with Gasteiger partial charge in [-0.05, 0) is 43.9 Å². The molecule has 0 aromatic heterocycles. The van der Waals surface area contributed by atoms with Crippen LogP contribution in [-0.2, 0) is 6.42 Å². The molecule has 0 spiro atoms. The smallest absolute Gasteiger partial charge is 0.0350 e. The van der Waals surface area contributed by atoms with Crippen LogP contribution in [0.2, 0.25) is 0 Å². The molecule has 1 heteroatoms. The van der Waals surface area contributed by atoms with Crippen molar-refractivity contribution in [2.24, 2.45) is 5.73 Å². The lowest BCUT2D eigenvalue weighted by Gasteiger charge is -2.17. The van der Waals surface area contributed by atoms with Crippen LogP contribution < -0.4 is 5.73 Å². The van der Waals surface area contributed by atoms with Crippen molar-refractivity contribution in [1.29, 1.82) is 0 Å². The molecule has 0 radical (unpaired) electrons. The molecule has 2 N–H and O–H groups in total. The Bertz CT molecular complexity index is 375. The van der Waals surface area contributed by atoms with E-state index in [-0.39, 0.29) is 0 Å². The Kier molecular flexibility index (Phi) is 1.87. The van der Waals surface area contributed by atoms with E-state index in [0.29, 0.717) is 0 Å². The van der Waals surface area contributed by atoms with E-state index in [0.717, 1.165) is 18.5 Å². The van der Waals surface area contributed by atoms with E-state index in [4.69, 9.17) is 5.73 Å². The highest BCUT2D eigenvalue weighted by Crippen LogP contribution is 2.26. The maximum absolute atomic E-state index is 5.95. The third-order valence-electron chi connectivity index (χ3n) is 2.69. The van der Waals surface area contributed by atoms with Crippen LogP contribution in [0, 0.1) is 13.8 Å². The summed E-state index contributed by atoms with van der Waals surface area (Å²) in [5.74, 6) is 0. The molecule has 0 aliphatic heterocycles. The Morgan fingerprint density at radius 1 is 1.23 bits per heavy atom. The van der Waals surface area contributed by atoms with Gasteiger partial charge in [0.15, 0.2) is 0 Å². The van der Waals surface area contributed by atoms with Crippen LogP contribution in [0.4, 0.5) is 0 Å². The van der Waals surface area contributed by atoms with E-state index in [9.17, 15) is 0 Å². The molecule has 0 amide bonds.